The molecule has 0 saturated carbocycles. The molecule has 2 amide bonds. The second kappa shape index (κ2) is 7.81. The molecule has 8 heteroatoms. The minimum atomic E-state index is -0.418. The van der Waals surface area contributed by atoms with Gasteiger partial charge in [0.05, 0.1) is 25.0 Å². The second-order valence-corrected chi connectivity index (χ2v) is 6.39. The molecule has 1 aromatic heterocycles. The molecule has 6 nitrogen and oxygen atoms in total. The molecule has 0 radical (unpaired) electrons. The molecular weight excluding hydrogens is 322 g/mol. The Labute approximate surface area is 136 Å². The van der Waals surface area contributed by atoms with Crippen LogP contribution in [0.15, 0.2) is 34.0 Å². The van der Waals surface area contributed by atoms with Gasteiger partial charge in [0.15, 0.2) is 4.34 Å². The van der Waals surface area contributed by atoms with Gasteiger partial charge in [-0.25, -0.2) is 4.98 Å². The number of benzene rings is 1. The molecule has 0 bridgehead atoms. The van der Waals surface area contributed by atoms with Crippen molar-refractivity contribution in [2.24, 2.45) is 5.73 Å². The van der Waals surface area contributed by atoms with Crippen molar-refractivity contribution in [2.75, 3.05) is 18.2 Å². The fourth-order valence-corrected chi connectivity index (χ4v) is 3.26. The summed E-state index contributed by atoms with van der Waals surface area (Å²) in [5, 5.41) is 4.56. The van der Waals surface area contributed by atoms with Gasteiger partial charge in [-0.1, -0.05) is 11.8 Å². The Balaban J connectivity index is 1.81. The quantitative estimate of drug-likeness (QED) is 0.753. The Kier molecular flexibility index (Phi) is 5.79. The minimum absolute atomic E-state index is 0.120. The zero-order valence-corrected chi connectivity index (χ0v) is 13.5. The molecular formula is C14H15N3O3S2. The average Bonchev–Trinajstić information content (AvgIpc) is 2.93. The summed E-state index contributed by atoms with van der Waals surface area (Å²) in [6.07, 6.45) is 0.120. The predicted molar refractivity (Wildman–Crippen MR) is 87.4 cm³/mol. The first kappa shape index (κ1) is 16.3. The number of carbonyl (C=O) groups is 2. The van der Waals surface area contributed by atoms with E-state index in [-0.39, 0.29) is 18.1 Å². The predicted octanol–water partition coefficient (Wildman–Crippen LogP) is 1.91. The number of carbonyl (C=O) groups excluding carboxylic acids is 2. The number of hydrogen-bond acceptors (Lipinski definition) is 6. The summed E-state index contributed by atoms with van der Waals surface area (Å²) in [5.74, 6) is 0.438. The van der Waals surface area contributed by atoms with Crippen LogP contribution in [0.3, 0.4) is 0 Å². The summed E-state index contributed by atoms with van der Waals surface area (Å²) in [5.41, 5.74) is 6.45. The Morgan fingerprint density at radius 3 is 2.73 bits per heavy atom. The SMILES string of the molecule is COc1ccc(NC(=O)CSc2nc(CC(N)=O)cs2)cc1. The van der Waals surface area contributed by atoms with Crippen molar-refractivity contribution in [3.05, 3.63) is 35.3 Å². The number of nitrogens with one attached hydrogen (secondary N) is 1. The van der Waals surface area contributed by atoms with Crippen LogP contribution in [0.25, 0.3) is 0 Å². The lowest BCUT2D eigenvalue weighted by molar-refractivity contribution is -0.117. The number of rotatable bonds is 7. The van der Waals surface area contributed by atoms with E-state index in [1.165, 1.54) is 23.1 Å². The van der Waals surface area contributed by atoms with Gasteiger partial charge in [-0.3, -0.25) is 9.59 Å². The highest BCUT2D eigenvalue weighted by atomic mass is 32.2. The average molecular weight is 337 g/mol. The normalized spacial score (nSPS) is 10.2. The lowest BCUT2D eigenvalue weighted by atomic mass is 10.3. The molecule has 2 rings (SSSR count). The summed E-state index contributed by atoms with van der Waals surface area (Å²) in [4.78, 5) is 26.9. The van der Waals surface area contributed by atoms with Crippen LogP contribution in [0.2, 0.25) is 0 Å². The smallest absolute Gasteiger partial charge is 0.234 e. The van der Waals surface area contributed by atoms with Crippen molar-refractivity contribution in [3.63, 3.8) is 0 Å². The number of nitrogens with two attached hydrogens (primary N) is 1. The van der Waals surface area contributed by atoms with Crippen LogP contribution < -0.4 is 15.8 Å². The minimum Gasteiger partial charge on any atom is -0.497 e. The number of anilines is 1. The first-order valence-corrected chi connectivity index (χ1v) is 8.23. The fraction of sp³-hybridized carbons (Fsp3) is 0.214. The maximum atomic E-state index is 11.9. The molecule has 0 aliphatic heterocycles. The lowest BCUT2D eigenvalue weighted by Crippen LogP contribution is -2.14. The summed E-state index contributed by atoms with van der Waals surface area (Å²) < 4.78 is 5.79. The molecule has 0 saturated heterocycles. The van der Waals surface area contributed by atoms with Crippen LogP contribution in [-0.4, -0.2) is 29.7 Å². The summed E-state index contributed by atoms with van der Waals surface area (Å²) >= 11 is 2.71. The molecule has 2 aromatic rings. The van der Waals surface area contributed by atoms with Gasteiger partial charge in [-0.05, 0) is 24.3 Å². The molecule has 116 valence electrons. The van der Waals surface area contributed by atoms with Gasteiger partial charge in [0.2, 0.25) is 11.8 Å². The van der Waals surface area contributed by atoms with Crippen LogP contribution in [0.1, 0.15) is 5.69 Å². The molecule has 0 atom stereocenters. The molecule has 22 heavy (non-hydrogen) atoms. The molecule has 0 unspecified atom stereocenters. The van der Waals surface area contributed by atoms with Gasteiger partial charge >= 0.3 is 0 Å². The summed E-state index contributed by atoms with van der Waals surface area (Å²) in [6, 6.07) is 7.10. The highest BCUT2D eigenvalue weighted by Crippen LogP contribution is 2.23. The number of methoxy groups -OCH3 is 1. The molecule has 3 N–H and O–H groups in total. The highest BCUT2D eigenvalue weighted by molar-refractivity contribution is 8.01. The second-order valence-electron chi connectivity index (χ2n) is 4.31. The van der Waals surface area contributed by atoms with E-state index in [2.05, 4.69) is 10.3 Å². The van der Waals surface area contributed by atoms with Gasteiger partial charge in [0.25, 0.3) is 0 Å². The number of amides is 2. The number of primary amides is 1. The van der Waals surface area contributed by atoms with Crippen LogP contribution in [0.4, 0.5) is 5.69 Å². The third-order valence-corrected chi connectivity index (χ3v) is 4.66. The standard InChI is InChI=1S/C14H15N3O3S2/c1-20-11-4-2-9(3-5-11)16-13(19)8-22-14-17-10(7-21-14)6-12(15)18/h2-5,7H,6,8H2,1H3,(H2,15,18)(H,16,19). The van der Waals surface area contributed by atoms with Gasteiger partial charge in [-0.2, -0.15) is 0 Å². The van der Waals surface area contributed by atoms with Crippen molar-refractivity contribution in [3.8, 4) is 5.75 Å². The van der Waals surface area contributed by atoms with Crippen molar-refractivity contribution >= 4 is 40.6 Å². The zero-order valence-electron chi connectivity index (χ0n) is 11.9. The largest absolute Gasteiger partial charge is 0.497 e. The number of nitrogens with zero attached hydrogens (tertiary/aromatic N) is 1. The molecule has 0 aliphatic rings. The topological polar surface area (TPSA) is 94.3 Å². The third-order valence-electron chi connectivity index (χ3n) is 2.59. The van der Waals surface area contributed by atoms with Gasteiger partial charge in [-0.15, -0.1) is 11.3 Å². The van der Waals surface area contributed by atoms with E-state index in [4.69, 9.17) is 10.5 Å². The first-order valence-electron chi connectivity index (χ1n) is 6.36. The van der Waals surface area contributed by atoms with Crippen molar-refractivity contribution in [1.82, 2.24) is 4.98 Å². The Morgan fingerprint density at radius 2 is 2.09 bits per heavy atom. The summed E-state index contributed by atoms with van der Waals surface area (Å²) in [6.45, 7) is 0. The van der Waals surface area contributed by atoms with Crippen LogP contribution in [0, 0.1) is 0 Å². The number of aromatic nitrogens is 1. The van der Waals surface area contributed by atoms with E-state index in [0.29, 0.717) is 11.4 Å². The van der Waals surface area contributed by atoms with E-state index >= 15 is 0 Å². The van der Waals surface area contributed by atoms with Crippen LogP contribution in [0.5, 0.6) is 5.75 Å². The van der Waals surface area contributed by atoms with Gasteiger partial charge in [0.1, 0.15) is 5.75 Å². The maximum Gasteiger partial charge on any atom is 0.234 e. The number of hydrogen-bond donors (Lipinski definition) is 2. The fourth-order valence-electron chi connectivity index (χ4n) is 1.61. The molecule has 1 heterocycles. The Hall–Kier alpha value is -2.06. The maximum absolute atomic E-state index is 11.9. The lowest BCUT2D eigenvalue weighted by Gasteiger charge is -2.05. The highest BCUT2D eigenvalue weighted by Gasteiger charge is 2.08. The van der Waals surface area contributed by atoms with E-state index in [1.54, 1.807) is 36.8 Å². The first-order chi connectivity index (χ1) is 10.6. The molecule has 1 aromatic carbocycles. The Bertz CT molecular complexity index is 656. The van der Waals surface area contributed by atoms with Crippen LogP contribution >= 0.6 is 23.1 Å². The molecule has 0 spiro atoms. The third kappa shape index (κ3) is 5.05. The van der Waals surface area contributed by atoms with E-state index < -0.39 is 5.91 Å². The Morgan fingerprint density at radius 1 is 1.36 bits per heavy atom. The van der Waals surface area contributed by atoms with Crippen LogP contribution in [-0.2, 0) is 16.0 Å². The zero-order chi connectivity index (χ0) is 15.9. The number of ether oxygens (including phenoxy) is 1. The molecule has 0 fully saturated rings. The van der Waals surface area contributed by atoms with E-state index in [0.717, 1.165) is 10.1 Å². The van der Waals surface area contributed by atoms with E-state index in [1.807, 2.05) is 0 Å². The van der Waals surface area contributed by atoms with Crippen molar-refractivity contribution in [1.29, 1.82) is 0 Å². The number of thioether (sulfide) groups is 1. The number of thiazole rings is 1. The molecule has 0 aliphatic carbocycles. The van der Waals surface area contributed by atoms with Crippen molar-refractivity contribution < 1.29 is 14.3 Å². The summed E-state index contributed by atoms with van der Waals surface area (Å²) in [7, 11) is 1.59. The van der Waals surface area contributed by atoms with E-state index in [9.17, 15) is 9.59 Å². The van der Waals surface area contributed by atoms with Crippen molar-refractivity contribution in [2.45, 2.75) is 10.8 Å². The van der Waals surface area contributed by atoms with Gasteiger partial charge in [0, 0.05) is 11.1 Å². The van der Waals surface area contributed by atoms with Gasteiger partial charge < -0.3 is 15.8 Å². The monoisotopic (exact) mass is 337 g/mol.